The zero-order valence-corrected chi connectivity index (χ0v) is 13.2. The van der Waals surface area contributed by atoms with Gasteiger partial charge in [0.25, 0.3) is 0 Å². The second-order valence-corrected chi connectivity index (χ2v) is 6.09. The van der Waals surface area contributed by atoms with E-state index in [2.05, 4.69) is 10.0 Å². The van der Waals surface area contributed by atoms with Crippen LogP contribution in [0.3, 0.4) is 0 Å². The van der Waals surface area contributed by atoms with Crippen molar-refractivity contribution < 1.29 is 24.5 Å². The zero-order valence-electron chi connectivity index (χ0n) is 12.3. The molecule has 2 unspecified atom stereocenters. The second kappa shape index (κ2) is 8.19. The fourth-order valence-corrected chi connectivity index (χ4v) is 3.43. The van der Waals surface area contributed by atoms with Crippen molar-refractivity contribution in [1.29, 1.82) is 0 Å². The summed E-state index contributed by atoms with van der Waals surface area (Å²) in [7, 11) is 0. The lowest BCUT2D eigenvalue weighted by molar-refractivity contribution is -0.184. The van der Waals surface area contributed by atoms with E-state index >= 15 is 0 Å². The van der Waals surface area contributed by atoms with E-state index in [9.17, 15) is 15.0 Å². The molecule has 0 aromatic heterocycles. The number of esters is 1. The van der Waals surface area contributed by atoms with E-state index < -0.39 is 42.4 Å². The Bertz CT molecular complexity index is 581. The molecule has 1 aliphatic heterocycles. The molecule has 0 radical (unpaired) electrons. The molecule has 0 saturated carbocycles. The van der Waals surface area contributed by atoms with Crippen LogP contribution in [-0.4, -0.2) is 52.6 Å². The van der Waals surface area contributed by atoms with Crippen molar-refractivity contribution >= 4 is 17.7 Å². The Hall–Kier alpha value is -1.77. The summed E-state index contributed by atoms with van der Waals surface area (Å²) in [6.45, 7) is 0.777. The third kappa shape index (κ3) is 4.37. The van der Waals surface area contributed by atoms with E-state index in [-0.39, 0.29) is 0 Å². The van der Waals surface area contributed by atoms with Crippen LogP contribution in [0, 0.1) is 0 Å². The van der Waals surface area contributed by atoms with E-state index in [0.717, 1.165) is 4.90 Å². The Labute approximate surface area is 137 Å². The minimum Gasteiger partial charge on any atom is -0.458 e. The predicted molar refractivity (Wildman–Crippen MR) is 82.5 cm³/mol. The second-order valence-electron chi connectivity index (χ2n) is 4.92. The third-order valence-electron chi connectivity index (χ3n) is 3.31. The first kappa shape index (κ1) is 17.6. The summed E-state index contributed by atoms with van der Waals surface area (Å²) in [6, 6.07) is 8.19. The van der Waals surface area contributed by atoms with Gasteiger partial charge in [0, 0.05) is 16.7 Å². The van der Waals surface area contributed by atoms with Crippen molar-refractivity contribution in [3.8, 4) is 0 Å². The maximum atomic E-state index is 11.4. The minimum atomic E-state index is -1.27. The molecule has 0 spiro atoms. The summed E-state index contributed by atoms with van der Waals surface area (Å²) in [6.07, 6.45) is -3.17. The highest BCUT2D eigenvalue weighted by Gasteiger charge is 2.47. The number of carbonyl (C=O) groups is 1. The van der Waals surface area contributed by atoms with Gasteiger partial charge < -0.3 is 19.7 Å². The molecule has 0 amide bonds. The van der Waals surface area contributed by atoms with Crippen LogP contribution in [0.25, 0.3) is 10.4 Å². The van der Waals surface area contributed by atoms with Crippen molar-refractivity contribution in [3.63, 3.8) is 0 Å². The first-order chi connectivity index (χ1) is 11.1. The average Bonchev–Trinajstić information content (AvgIpc) is 2.54. The molecule has 23 heavy (non-hydrogen) atoms. The van der Waals surface area contributed by atoms with Crippen LogP contribution in [0.4, 0.5) is 0 Å². The van der Waals surface area contributed by atoms with E-state index in [1.54, 1.807) is 0 Å². The Kier molecular flexibility index (Phi) is 6.26. The van der Waals surface area contributed by atoms with Crippen LogP contribution in [0.15, 0.2) is 40.3 Å². The molecule has 1 aromatic rings. The molecule has 1 aromatic carbocycles. The predicted octanol–water partition coefficient (Wildman–Crippen LogP) is 1.47. The Morgan fingerprint density at radius 2 is 2.17 bits per heavy atom. The van der Waals surface area contributed by atoms with Crippen molar-refractivity contribution in [2.75, 3.05) is 6.61 Å². The lowest BCUT2D eigenvalue weighted by Crippen LogP contribution is -2.57. The topological polar surface area (TPSA) is 125 Å². The van der Waals surface area contributed by atoms with Crippen molar-refractivity contribution in [2.45, 2.75) is 41.6 Å². The third-order valence-corrected chi connectivity index (χ3v) is 4.46. The van der Waals surface area contributed by atoms with Crippen molar-refractivity contribution in [1.82, 2.24) is 0 Å². The summed E-state index contributed by atoms with van der Waals surface area (Å²) < 4.78 is 10.9. The number of aliphatic hydroxyl groups excluding tert-OH is 2. The standard InChI is InChI=1S/C14H17N3O5S/c1-8(19)21-13-11(16-17-15)12(20)10(7-18)22-14(13)23-9-5-3-2-4-6-9/h2-6,10-14,18,20H,7H2,1H3/t10?,11-,12-,13?,14-/m0/s1. The quantitative estimate of drug-likeness (QED) is 0.362. The molecule has 1 heterocycles. The minimum absolute atomic E-state index is 0.447. The lowest BCUT2D eigenvalue weighted by Gasteiger charge is -2.41. The van der Waals surface area contributed by atoms with E-state index in [1.165, 1.54) is 18.7 Å². The van der Waals surface area contributed by atoms with Gasteiger partial charge in [0.05, 0.1) is 12.7 Å². The number of thioether (sulfide) groups is 1. The van der Waals surface area contributed by atoms with E-state index in [1.807, 2.05) is 30.3 Å². The van der Waals surface area contributed by atoms with Crippen LogP contribution in [0.5, 0.6) is 0 Å². The lowest BCUT2D eigenvalue weighted by atomic mass is 9.98. The van der Waals surface area contributed by atoms with Gasteiger partial charge in [-0.15, -0.1) is 0 Å². The molecule has 1 aliphatic rings. The van der Waals surface area contributed by atoms with Gasteiger partial charge in [-0.1, -0.05) is 35.1 Å². The highest BCUT2D eigenvalue weighted by atomic mass is 32.2. The molecule has 9 heteroatoms. The van der Waals surface area contributed by atoms with Crippen LogP contribution < -0.4 is 0 Å². The number of ether oxygens (including phenoxy) is 2. The molecule has 0 bridgehead atoms. The molecular formula is C14H17N3O5S. The summed E-state index contributed by atoms with van der Waals surface area (Å²) >= 11 is 1.26. The molecule has 124 valence electrons. The van der Waals surface area contributed by atoms with E-state index in [0.29, 0.717) is 0 Å². The van der Waals surface area contributed by atoms with Gasteiger partial charge in [-0.25, -0.2) is 0 Å². The maximum Gasteiger partial charge on any atom is 0.303 e. The van der Waals surface area contributed by atoms with Gasteiger partial charge in [-0.2, -0.15) is 0 Å². The molecule has 5 atom stereocenters. The average molecular weight is 339 g/mol. The molecular weight excluding hydrogens is 322 g/mol. The maximum absolute atomic E-state index is 11.4. The summed E-state index contributed by atoms with van der Waals surface area (Å²) in [5.74, 6) is -0.579. The smallest absolute Gasteiger partial charge is 0.303 e. The van der Waals surface area contributed by atoms with Crippen LogP contribution in [0.1, 0.15) is 6.92 Å². The Balaban J connectivity index is 2.30. The number of aliphatic hydroxyl groups is 2. The Morgan fingerprint density at radius 1 is 1.48 bits per heavy atom. The van der Waals surface area contributed by atoms with Crippen molar-refractivity contribution in [2.24, 2.45) is 5.11 Å². The van der Waals surface area contributed by atoms with Crippen LogP contribution >= 0.6 is 11.8 Å². The normalized spacial score (nSPS) is 30.3. The SMILES string of the molecule is CC(=O)OC1[C@@H](N=[N+]=[N-])[C@@H](O)C(CO)O[C@H]1Sc1ccccc1. The van der Waals surface area contributed by atoms with Crippen LogP contribution in [0.2, 0.25) is 0 Å². The largest absolute Gasteiger partial charge is 0.458 e. The number of benzene rings is 1. The highest BCUT2D eigenvalue weighted by molar-refractivity contribution is 7.99. The van der Waals surface area contributed by atoms with Crippen molar-refractivity contribution in [3.05, 3.63) is 40.8 Å². The Morgan fingerprint density at radius 3 is 2.74 bits per heavy atom. The zero-order chi connectivity index (χ0) is 16.8. The number of azide groups is 1. The number of hydrogen-bond acceptors (Lipinski definition) is 7. The number of rotatable bonds is 5. The molecule has 1 fully saturated rings. The van der Waals surface area contributed by atoms with Gasteiger partial charge in [-0.05, 0) is 17.7 Å². The molecule has 8 nitrogen and oxygen atoms in total. The van der Waals surface area contributed by atoms with Gasteiger partial charge in [0.15, 0.2) is 0 Å². The monoisotopic (exact) mass is 339 g/mol. The number of hydrogen-bond donors (Lipinski definition) is 2. The molecule has 0 aliphatic carbocycles. The number of carbonyl (C=O) groups excluding carboxylic acids is 1. The molecule has 2 rings (SSSR count). The first-order valence-electron chi connectivity index (χ1n) is 6.94. The van der Waals surface area contributed by atoms with Gasteiger partial charge >= 0.3 is 5.97 Å². The van der Waals surface area contributed by atoms with Crippen LogP contribution in [-0.2, 0) is 14.3 Å². The summed E-state index contributed by atoms with van der Waals surface area (Å²) in [5.41, 5.74) is 8.00. The molecule has 1 saturated heterocycles. The highest BCUT2D eigenvalue weighted by Crippen LogP contribution is 2.36. The van der Waals surface area contributed by atoms with E-state index in [4.69, 9.17) is 15.0 Å². The summed E-state index contributed by atoms with van der Waals surface area (Å²) in [4.78, 5) is 14.9. The van der Waals surface area contributed by atoms with Gasteiger partial charge in [-0.3, -0.25) is 4.79 Å². The fourth-order valence-electron chi connectivity index (χ4n) is 2.30. The molecule has 2 N–H and O–H groups in total. The fraction of sp³-hybridized carbons (Fsp3) is 0.500. The first-order valence-corrected chi connectivity index (χ1v) is 7.82. The summed E-state index contributed by atoms with van der Waals surface area (Å²) in [5, 5.41) is 23.1. The van der Waals surface area contributed by atoms with Gasteiger partial charge in [0.1, 0.15) is 23.7 Å². The van der Waals surface area contributed by atoms with Gasteiger partial charge in [0.2, 0.25) is 0 Å². The number of nitrogens with zero attached hydrogens (tertiary/aromatic N) is 3.